The summed E-state index contributed by atoms with van der Waals surface area (Å²) in [5.74, 6) is -0.0268. The van der Waals surface area contributed by atoms with Crippen LogP contribution < -0.4 is 4.74 Å². The number of aryl methyl sites for hydroxylation is 3. The van der Waals surface area contributed by atoms with Crippen LogP contribution in [0.25, 0.3) is 5.76 Å². The molecule has 1 atom stereocenters. The van der Waals surface area contributed by atoms with Crippen molar-refractivity contribution < 1.29 is 23.8 Å². The number of hydrogen-bond acceptors (Lipinski definition) is 6. The number of furan rings is 1. The Morgan fingerprint density at radius 1 is 1.16 bits per heavy atom. The van der Waals surface area contributed by atoms with E-state index >= 15 is 0 Å². The molecule has 1 aromatic carbocycles. The number of hydrogen-bond donors (Lipinski definition) is 1. The number of aliphatic hydroxyl groups excluding tert-OH is 1. The van der Waals surface area contributed by atoms with Gasteiger partial charge in [0.05, 0.1) is 18.2 Å². The Labute approximate surface area is 189 Å². The van der Waals surface area contributed by atoms with Gasteiger partial charge in [0.25, 0.3) is 11.7 Å². The van der Waals surface area contributed by atoms with Crippen LogP contribution in [0, 0.1) is 20.8 Å². The van der Waals surface area contributed by atoms with Gasteiger partial charge >= 0.3 is 0 Å². The van der Waals surface area contributed by atoms with Gasteiger partial charge in [-0.3, -0.25) is 9.59 Å². The van der Waals surface area contributed by atoms with E-state index in [1.54, 1.807) is 25.1 Å². The molecule has 1 N–H and O–H groups in total. The number of rotatable bonds is 8. The van der Waals surface area contributed by atoms with Crippen LogP contribution in [0.5, 0.6) is 5.75 Å². The van der Waals surface area contributed by atoms with Crippen molar-refractivity contribution in [2.45, 2.75) is 40.7 Å². The monoisotopic (exact) mass is 440 g/mol. The lowest BCUT2D eigenvalue weighted by Gasteiger charge is -2.26. The molecule has 1 aromatic heterocycles. The molecule has 1 saturated heterocycles. The van der Waals surface area contributed by atoms with Crippen LogP contribution in [0.4, 0.5) is 0 Å². The van der Waals surface area contributed by atoms with Crippen LogP contribution in [0.3, 0.4) is 0 Å². The van der Waals surface area contributed by atoms with E-state index in [2.05, 4.69) is 18.7 Å². The zero-order valence-corrected chi connectivity index (χ0v) is 19.7. The first-order valence-electron chi connectivity index (χ1n) is 11.0. The summed E-state index contributed by atoms with van der Waals surface area (Å²) >= 11 is 0. The molecule has 1 aliphatic rings. The van der Waals surface area contributed by atoms with Crippen molar-refractivity contribution in [3.05, 3.63) is 58.0 Å². The Bertz CT molecular complexity index is 1050. The number of ketones is 1. The molecule has 32 heavy (non-hydrogen) atoms. The van der Waals surface area contributed by atoms with Crippen molar-refractivity contribution in [2.75, 3.05) is 33.3 Å². The Kier molecular flexibility index (Phi) is 7.09. The third-order valence-corrected chi connectivity index (χ3v) is 6.00. The van der Waals surface area contributed by atoms with Gasteiger partial charge in [0.15, 0.2) is 0 Å². The molecule has 7 nitrogen and oxygen atoms in total. The van der Waals surface area contributed by atoms with E-state index in [9.17, 15) is 14.7 Å². The van der Waals surface area contributed by atoms with Gasteiger partial charge in [0.2, 0.25) is 0 Å². The minimum atomic E-state index is -0.801. The zero-order valence-electron chi connectivity index (χ0n) is 19.7. The SMILES string of the molecule is CCN(CC)CCN1C(=O)C(=O)/C(=C(/O)c2cc(C)cc(C)c2OC)C1c1ccc(C)o1. The van der Waals surface area contributed by atoms with Crippen LogP contribution in [0.2, 0.25) is 0 Å². The quantitative estimate of drug-likeness (QED) is 0.380. The van der Waals surface area contributed by atoms with Crippen molar-refractivity contribution >= 4 is 17.4 Å². The van der Waals surface area contributed by atoms with E-state index in [4.69, 9.17) is 9.15 Å². The van der Waals surface area contributed by atoms with Gasteiger partial charge in [0.1, 0.15) is 29.1 Å². The molecule has 3 rings (SSSR count). The maximum atomic E-state index is 13.2. The first kappa shape index (κ1) is 23.6. The largest absolute Gasteiger partial charge is 0.507 e. The zero-order chi connectivity index (χ0) is 23.6. The number of Topliss-reactive ketones (excluding diaryl/α,β-unsaturated/α-hetero) is 1. The standard InChI is InChI=1S/C25H32N2O5/c1-7-26(8-2)11-12-27-21(19-10-9-17(5)32-19)20(23(29)25(27)30)22(28)18-14-15(3)13-16(4)24(18)31-6/h9-10,13-14,21,28H,7-8,11-12H2,1-6H3/b22-20+. The van der Waals surface area contributed by atoms with Crippen molar-refractivity contribution in [3.8, 4) is 5.75 Å². The molecule has 1 unspecified atom stereocenters. The fourth-order valence-electron chi connectivity index (χ4n) is 4.34. The highest BCUT2D eigenvalue weighted by Crippen LogP contribution is 2.42. The van der Waals surface area contributed by atoms with E-state index in [0.29, 0.717) is 35.9 Å². The van der Waals surface area contributed by atoms with Gasteiger partial charge < -0.3 is 24.1 Å². The number of likely N-dealkylation sites (N-methyl/N-ethyl adjacent to an activating group) is 1. The maximum Gasteiger partial charge on any atom is 0.295 e. The molecule has 0 radical (unpaired) electrons. The minimum Gasteiger partial charge on any atom is -0.507 e. The normalized spacial score (nSPS) is 18.1. The second-order valence-electron chi connectivity index (χ2n) is 8.13. The Morgan fingerprint density at radius 2 is 1.84 bits per heavy atom. The summed E-state index contributed by atoms with van der Waals surface area (Å²) in [6.45, 7) is 12.3. The lowest BCUT2D eigenvalue weighted by molar-refractivity contribution is -0.140. The summed E-state index contributed by atoms with van der Waals surface area (Å²) in [5.41, 5.74) is 2.15. The number of nitrogens with zero attached hydrogens (tertiary/aromatic N) is 2. The summed E-state index contributed by atoms with van der Waals surface area (Å²) < 4.78 is 11.4. The van der Waals surface area contributed by atoms with Crippen LogP contribution in [0.1, 0.15) is 48.1 Å². The molecule has 1 amide bonds. The van der Waals surface area contributed by atoms with Crippen LogP contribution in [-0.2, 0) is 9.59 Å². The topological polar surface area (TPSA) is 83.2 Å². The molecular weight excluding hydrogens is 408 g/mol. The molecule has 2 aromatic rings. The third kappa shape index (κ3) is 4.30. The van der Waals surface area contributed by atoms with Crippen LogP contribution in [0.15, 0.2) is 34.3 Å². The number of methoxy groups -OCH3 is 1. The average molecular weight is 441 g/mol. The van der Waals surface area contributed by atoms with E-state index in [1.807, 2.05) is 19.9 Å². The fraction of sp³-hybridized carbons (Fsp3) is 0.440. The summed E-state index contributed by atoms with van der Waals surface area (Å²) in [5, 5.41) is 11.3. The first-order chi connectivity index (χ1) is 15.2. The Morgan fingerprint density at radius 3 is 2.41 bits per heavy atom. The summed E-state index contributed by atoms with van der Waals surface area (Å²) in [6, 6.07) is 6.44. The molecule has 0 aliphatic carbocycles. The number of benzene rings is 1. The summed E-state index contributed by atoms with van der Waals surface area (Å²) in [7, 11) is 1.52. The smallest absolute Gasteiger partial charge is 0.295 e. The number of ether oxygens (including phenoxy) is 1. The van der Waals surface area contributed by atoms with Crippen LogP contribution >= 0.6 is 0 Å². The number of aliphatic hydroxyl groups is 1. The van der Waals surface area contributed by atoms with E-state index < -0.39 is 17.7 Å². The number of carbonyl (C=O) groups is 2. The highest BCUT2D eigenvalue weighted by atomic mass is 16.5. The van der Waals surface area contributed by atoms with Crippen molar-refractivity contribution in [1.82, 2.24) is 9.80 Å². The van der Waals surface area contributed by atoms with Crippen molar-refractivity contribution in [2.24, 2.45) is 0 Å². The Balaban J connectivity index is 2.17. The van der Waals surface area contributed by atoms with Gasteiger partial charge in [-0.1, -0.05) is 19.9 Å². The fourth-order valence-corrected chi connectivity index (χ4v) is 4.34. The van der Waals surface area contributed by atoms with Crippen LogP contribution in [-0.4, -0.2) is 59.9 Å². The Hall–Kier alpha value is -3.06. The maximum absolute atomic E-state index is 13.2. The second kappa shape index (κ2) is 9.61. The van der Waals surface area contributed by atoms with Gasteiger partial charge in [-0.2, -0.15) is 0 Å². The summed E-state index contributed by atoms with van der Waals surface area (Å²) in [6.07, 6.45) is 0. The predicted molar refractivity (Wildman–Crippen MR) is 123 cm³/mol. The number of amides is 1. The molecule has 172 valence electrons. The van der Waals surface area contributed by atoms with Gasteiger partial charge in [-0.15, -0.1) is 0 Å². The highest BCUT2D eigenvalue weighted by molar-refractivity contribution is 6.46. The van der Waals surface area contributed by atoms with Gasteiger partial charge in [-0.25, -0.2) is 0 Å². The molecule has 7 heteroatoms. The summed E-state index contributed by atoms with van der Waals surface area (Å²) in [4.78, 5) is 29.9. The van der Waals surface area contributed by atoms with Gasteiger partial charge in [-0.05, 0) is 63.2 Å². The van der Waals surface area contributed by atoms with E-state index in [-0.39, 0.29) is 11.3 Å². The lowest BCUT2D eigenvalue weighted by Crippen LogP contribution is -2.37. The predicted octanol–water partition coefficient (Wildman–Crippen LogP) is 3.98. The molecule has 0 spiro atoms. The minimum absolute atomic E-state index is 0.0206. The molecule has 0 saturated carbocycles. The van der Waals surface area contributed by atoms with E-state index in [1.165, 1.54) is 12.0 Å². The average Bonchev–Trinajstić information content (AvgIpc) is 3.29. The first-order valence-corrected chi connectivity index (χ1v) is 11.0. The number of carbonyl (C=O) groups excluding carboxylic acids is 2. The molecule has 1 fully saturated rings. The molecular formula is C25H32N2O5. The lowest BCUT2D eigenvalue weighted by atomic mass is 9.96. The third-order valence-electron chi connectivity index (χ3n) is 6.00. The van der Waals surface area contributed by atoms with Crippen molar-refractivity contribution in [3.63, 3.8) is 0 Å². The highest BCUT2D eigenvalue weighted by Gasteiger charge is 2.47. The second-order valence-corrected chi connectivity index (χ2v) is 8.13. The van der Waals surface area contributed by atoms with E-state index in [0.717, 1.165) is 24.2 Å². The molecule has 0 bridgehead atoms. The number of likely N-dealkylation sites (tertiary alicyclic amines) is 1. The molecule has 2 heterocycles. The van der Waals surface area contributed by atoms with Crippen molar-refractivity contribution in [1.29, 1.82) is 0 Å². The molecule has 1 aliphatic heterocycles. The van der Waals surface area contributed by atoms with Gasteiger partial charge in [0, 0.05) is 13.1 Å².